The fourth-order valence-corrected chi connectivity index (χ4v) is 2.91. The number of nitrogens with one attached hydrogen (secondary N) is 1. The molecule has 1 heterocycles. The Morgan fingerprint density at radius 3 is 2.83 bits per heavy atom. The van der Waals surface area contributed by atoms with Crippen molar-refractivity contribution >= 4 is 35.0 Å². The molecule has 5 nitrogen and oxygen atoms in total. The standard InChI is InChI=1S/C16H17ClN2O3S/c1-10-8-13(14(22-3)9-12(10)17)18-16(20)11(2)23-15-6-4-5-7-19(15)21/h4-9,11H,1-3H3,(H,18,20)/t11-/m1/s1. The second-order valence-corrected chi connectivity index (χ2v) is 6.68. The molecule has 0 fully saturated rings. The van der Waals surface area contributed by atoms with Crippen LogP contribution in [0.4, 0.5) is 5.69 Å². The number of carbonyl (C=O) groups excluding carboxylic acids is 1. The minimum absolute atomic E-state index is 0.223. The number of rotatable bonds is 5. The number of carbonyl (C=O) groups is 1. The first-order valence-electron chi connectivity index (χ1n) is 6.92. The number of aromatic nitrogens is 1. The Morgan fingerprint density at radius 1 is 1.43 bits per heavy atom. The molecule has 1 aromatic heterocycles. The van der Waals surface area contributed by atoms with E-state index in [4.69, 9.17) is 16.3 Å². The molecule has 0 radical (unpaired) electrons. The quantitative estimate of drug-likeness (QED) is 0.509. The zero-order valence-electron chi connectivity index (χ0n) is 13.0. The van der Waals surface area contributed by atoms with Gasteiger partial charge in [-0.25, -0.2) is 0 Å². The predicted molar refractivity (Wildman–Crippen MR) is 92.1 cm³/mol. The van der Waals surface area contributed by atoms with E-state index in [9.17, 15) is 10.0 Å². The summed E-state index contributed by atoms with van der Waals surface area (Å²) in [5, 5.41) is 15.1. The van der Waals surface area contributed by atoms with Crippen LogP contribution >= 0.6 is 23.4 Å². The third-order valence-corrected chi connectivity index (χ3v) is 4.73. The summed E-state index contributed by atoms with van der Waals surface area (Å²) in [6.07, 6.45) is 1.40. The zero-order chi connectivity index (χ0) is 17.0. The van der Waals surface area contributed by atoms with E-state index in [0.717, 1.165) is 10.3 Å². The Hall–Kier alpha value is -1.92. The minimum Gasteiger partial charge on any atom is -0.618 e. The highest BCUT2D eigenvalue weighted by Gasteiger charge is 2.20. The van der Waals surface area contributed by atoms with Crippen molar-refractivity contribution < 1.29 is 14.3 Å². The Balaban J connectivity index is 2.12. The molecule has 0 spiro atoms. The van der Waals surface area contributed by atoms with Crippen molar-refractivity contribution in [3.8, 4) is 5.75 Å². The maximum atomic E-state index is 12.4. The lowest BCUT2D eigenvalue weighted by atomic mass is 10.2. The van der Waals surface area contributed by atoms with Gasteiger partial charge in [0.15, 0.2) is 6.20 Å². The van der Waals surface area contributed by atoms with Gasteiger partial charge in [0.25, 0.3) is 5.03 Å². The van der Waals surface area contributed by atoms with Gasteiger partial charge in [0.2, 0.25) is 5.91 Å². The molecule has 0 aliphatic carbocycles. The number of nitrogens with zero attached hydrogens (tertiary/aromatic N) is 1. The van der Waals surface area contributed by atoms with Crippen molar-refractivity contribution in [3.05, 3.63) is 52.3 Å². The van der Waals surface area contributed by atoms with Crippen molar-refractivity contribution in [2.75, 3.05) is 12.4 Å². The molecule has 23 heavy (non-hydrogen) atoms. The van der Waals surface area contributed by atoms with Gasteiger partial charge in [0.1, 0.15) is 5.75 Å². The molecule has 1 amide bonds. The third-order valence-electron chi connectivity index (χ3n) is 3.19. The van der Waals surface area contributed by atoms with Gasteiger partial charge in [-0.05, 0) is 43.3 Å². The van der Waals surface area contributed by atoms with E-state index in [1.807, 2.05) is 6.92 Å². The third kappa shape index (κ3) is 4.30. The molecule has 0 saturated heterocycles. The average Bonchev–Trinajstić information content (AvgIpc) is 2.52. The Morgan fingerprint density at radius 2 is 2.17 bits per heavy atom. The van der Waals surface area contributed by atoms with Crippen molar-refractivity contribution in [2.24, 2.45) is 0 Å². The van der Waals surface area contributed by atoms with Crippen LogP contribution in [-0.2, 0) is 4.79 Å². The van der Waals surface area contributed by atoms with E-state index in [1.165, 1.54) is 25.1 Å². The zero-order valence-corrected chi connectivity index (χ0v) is 14.6. The number of ether oxygens (including phenoxy) is 1. The fourth-order valence-electron chi connectivity index (χ4n) is 1.90. The molecule has 2 rings (SSSR count). The van der Waals surface area contributed by atoms with Gasteiger partial charge in [-0.3, -0.25) is 4.79 Å². The highest BCUT2D eigenvalue weighted by molar-refractivity contribution is 8.00. The van der Waals surface area contributed by atoms with E-state index < -0.39 is 5.25 Å². The monoisotopic (exact) mass is 352 g/mol. The Kier molecular flexibility index (Phi) is 5.74. The van der Waals surface area contributed by atoms with Crippen LogP contribution in [0.5, 0.6) is 5.75 Å². The van der Waals surface area contributed by atoms with Gasteiger partial charge in [-0.1, -0.05) is 11.6 Å². The van der Waals surface area contributed by atoms with Crippen molar-refractivity contribution in [1.82, 2.24) is 0 Å². The number of methoxy groups -OCH3 is 1. The smallest absolute Gasteiger partial charge is 0.252 e. The molecule has 1 aromatic carbocycles. The van der Waals surface area contributed by atoms with Gasteiger partial charge < -0.3 is 15.3 Å². The summed E-state index contributed by atoms with van der Waals surface area (Å²) in [7, 11) is 1.51. The first-order chi connectivity index (χ1) is 10.9. The molecule has 0 saturated carbocycles. The number of amides is 1. The molecule has 0 bridgehead atoms. The normalized spacial score (nSPS) is 11.8. The molecular formula is C16H17ClN2O3S. The SMILES string of the molecule is COc1cc(Cl)c(C)cc1NC(=O)[C@@H](C)Sc1cccc[n+]1[O-]. The maximum Gasteiger partial charge on any atom is 0.252 e. The number of benzene rings is 1. The average molecular weight is 353 g/mol. The number of pyridine rings is 1. The van der Waals surface area contributed by atoms with Crippen molar-refractivity contribution in [1.29, 1.82) is 0 Å². The molecular weight excluding hydrogens is 336 g/mol. The summed E-state index contributed by atoms with van der Waals surface area (Å²) >= 11 is 7.24. The van der Waals surface area contributed by atoms with Crippen LogP contribution < -0.4 is 14.8 Å². The molecule has 0 aliphatic rings. The van der Waals surface area contributed by atoms with E-state index in [-0.39, 0.29) is 5.91 Å². The highest BCUT2D eigenvalue weighted by Crippen LogP contribution is 2.31. The van der Waals surface area contributed by atoms with E-state index in [0.29, 0.717) is 21.5 Å². The van der Waals surface area contributed by atoms with Crippen LogP contribution in [0.1, 0.15) is 12.5 Å². The molecule has 0 unspecified atom stereocenters. The molecule has 7 heteroatoms. The Bertz CT molecular complexity index is 724. The number of hydrogen-bond donors (Lipinski definition) is 1. The van der Waals surface area contributed by atoms with Crippen molar-refractivity contribution in [3.63, 3.8) is 0 Å². The Labute approximate surface area is 144 Å². The van der Waals surface area contributed by atoms with Gasteiger partial charge in [0.05, 0.1) is 18.0 Å². The lowest BCUT2D eigenvalue weighted by Gasteiger charge is -2.15. The number of halogens is 1. The van der Waals surface area contributed by atoms with Crippen LogP contribution in [-0.4, -0.2) is 18.3 Å². The largest absolute Gasteiger partial charge is 0.618 e. The second-order valence-electron chi connectivity index (χ2n) is 4.92. The molecule has 0 aliphatic heterocycles. The minimum atomic E-state index is -0.446. The van der Waals surface area contributed by atoms with Crippen LogP contribution in [0.2, 0.25) is 5.02 Å². The van der Waals surface area contributed by atoms with Crippen molar-refractivity contribution in [2.45, 2.75) is 24.1 Å². The number of hydrogen-bond acceptors (Lipinski definition) is 4. The summed E-state index contributed by atoms with van der Waals surface area (Å²) in [5.41, 5.74) is 1.39. The number of aryl methyl sites for hydroxylation is 1. The van der Waals surface area contributed by atoms with E-state index >= 15 is 0 Å². The lowest BCUT2D eigenvalue weighted by Crippen LogP contribution is -2.30. The summed E-state index contributed by atoms with van der Waals surface area (Å²) in [5.74, 6) is 0.267. The fraction of sp³-hybridized carbons (Fsp3) is 0.250. The summed E-state index contributed by atoms with van der Waals surface area (Å²) in [6.45, 7) is 3.59. The van der Waals surface area contributed by atoms with Gasteiger partial charge in [0, 0.05) is 23.2 Å². The highest BCUT2D eigenvalue weighted by atomic mass is 35.5. The summed E-state index contributed by atoms with van der Waals surface area (Å²) < 4.78 is 5.98. The van der Waals surface area contributed by atoms with Gasteiger partial charge in [-0.15, -0.1) is 0 Å². The second kappa shape index (κ2) is 7.57. The van der Waals surface area contributed by atoms with E-state index in [2.05, 4.69) is 5.32 Å². The lowest BCUT2D eigenvalue weighted by molar-refractivity contribution is -0.645. The maximum absolute atomic E-state index is 12.4. The molecule has 122 valence electrons. The first kappa shape index (κ1) is 17.4. The summed E-state index contributed by atoms with van der Waals surface area (Å²) in [4.78, 5) is 12.4. The van der Waals surface area contributed by atoms with Crippen LogP contribution in [0.25, 0.3) is 0 Å². The van der Waals surface area contributed by atoms with E-state index in [1.54, 1.807) is 37.3 Å². The molecule has 2 aromatic rings. The topological polar surface area (TPSA) is 65.3 Å². The van der Waals surface area contributed by atoms with Gasteiger partial charge >= 0.3 is 0 Å². The van der Waals surface area contributed by atoms with Crippen LogP contribution in [0, 0.1) is 12.1 Å². The van der Waals surface area contributed by atoms with Crippen LogP contribution in [0.3, 0.4) is 0 Å². The molecule has 1 N–H and O–H groups in total. The number of thioether (sulfide) groups is 1. The molecule has 1 atom stereocenters. The summed E-state index contributed by atoms with van der Waals surface area (Å²) in [6, 6.07) is 8.49. The van der Waals surface area contributed by atoms with Gasteiger partial charge in [-0.2, -0.15) is 4.73 Å². The first-order valence-corrected chi connectivity index (χ1v) is 8.18. The number of anilines is 1. The predicted octanol–water partition coefficient (Wildman–Crippen LogP) is 3.41. The van der Waals surface area contributed by atoms with Crippen LogP contribution in [0.15, 0.2) is 41.6 Å².